The SMILES string of the molecule is Cc1cc(-c2nnc(-c3ccc(NS(=O)(=O)[C@H](C)CO)cc3N3CCC4(CC3)CC4)o2)cc(N2CCC(F)(F)CC2)n1. The zero-order chi connectivity index (χ0) is 29.7. The van der Waals surface area contributed by atoms with Crippen LogP contribution >= 0.6 is 0 Å². The summed E-state index contributed by atoms with van der Waals surface area (Å²) in [6, 6.07) is 8.81. The van der Waals surface area contributed by atoms with Gasteiger partial charge in [-0.1, -0.05) is 0 Å². The Labute approximate surface area is 244 Å². The number of rotatable bonds is 8. The second-order valence-electron chi connectivity index (χ2n) is 12.0. The Hall–Kier alpha value is -3.32. The van der Waals surface area contributed by atoms with Gasteiger partial charge >= 0.3 is 0 Å². The highest BCUT2D eigenvalue weighted by Gasteiger charge is 2.44. The van der Waals surface area contributed by atoms with E-state index in [0.717, 1.165) is 31.6 Å². The molecule has 2 aliphatic heterocycles. The van der Waals surface area contributed by atoms with Gasteiger partial charge in [0.05, 0.1) is 23.5 Å². The van der Waals surface area contributed by atoms with Crippen molar-refractivity contribution in [2.45, 2.75) is 63.5 Å². The van der Waals surface area contributed by atoms with E-state index in [9.17, 15) is 22.3 Å². The van der Waals surface area contributed by atoms with E-state index >= 15 is 0 Å². The highest BCUT2D eigenvalue weighted by Crippen LogP contribution is 2.54. The summed E-state index contributed by atoms with van der Waals surface area (Å²) in [4.78, 5) is 8.64. The van der Waals surface area contributed by atoms with Gasteiger partial charge in [-0.05, 0) is 75.3 Å². The Bertz CT molecular complexity index is 1560. The van der Waals surface area contributed by atoms with Gasteiger partial charge in [-0.25, -0.2) is 22.2 Å². The fraction of sp³-hybridized carbons (Fsp3) is 0.552. The Balaban J connectivity index is 1.31. The van der Waals surface area contributed by atoms with Gasteiger partial charge < -0.3 is 19.3 Å². The molecule has 1 spiro atoms. The van der Waals surface area contributed by atoms with Gasteiger partial charge in [-0.15, -0.1) is 10.2 Å². The Morgan fingerprint density at radius 2 is 1.64 bits per heavy atom. The van der Waals surface area contributed by atoms with Gasteiger partial charge in [0.1, 0.15) is 11.1 Å². The van der Waals surface area contributed by atoms with Gasteiger partial charge in [0, 0.05) is 50.3 Å². The van der Waals surface area contributed by atoms with E-state index in [-0.39, 0.29) is 31.8 Å². The van der Waals surface area contributed by atoms with Crippen LogP contribution in [-0.2, 0) is 10.0 Å². The number of hydrogen-bond acceptors (Lipinski definition) is 9. The Kier molecular flexibility index (Phi) is 7.37. The van der Waals surface area contributed by atoms with Crippen LogP contribution in [0.5, 0.6) is 0 Å². The van der Waals surface area contributed by atoms with E-state index in [0.29, 0.717) is 39.6 Å². The van der Waals surface area contributed by atoms with Crippen LogP contribution in [0.3, 0.4) is 0 Å². The molecule has 2 aromatic heterocycles. The summed E-state index contributed by atoms with van der Waals surface area (Å²) >= 11 is 0. The standard InChI is InChI=1S/C29H36F2N6O4S/c1-19-15-21(16-25(32-19)37-13-9-29(30,31)10-14-37)26-33-34-27(41-26)23-4-3-22(35-42(39,40)20(2)18-38)17-24(23)36-11-7-28(5-6-28)8-12-36/h3-4,15-17,20,35,38H,5-14,18H2,1-2H3/t20-/m1/s1. The molecular weight excluding hydrogens is 566 g/mol. The number of piperidine rings is 2. The first-order valence-corrected chi connectivity index (χ1v) is 16.0. The summed E-state index contributed by atoms with van der Waals surface area (Å²) in [5, 5.41) is 17.1. The maximum absolute atomic E-state index is 13.7. The smallest absolute Gasteiger partial charge is 0.251 e. The van der Waals surface area contributed by atoms with Gasteiger partial charge in [0.25, 0.3) is 5.92 Å². The van der Waals surface area contributed by atoms with Crippen LogP contribution in [0.2, 0.25) is 0 Å². The quantitative estimate of drug-likeness (QED) is 0.372. The third kappa shape index (κ3) is 5.94. The highest BCUT2D eigenvalue weighted by molar-refractivity contribution is 7.93. The Morgan fingerprint density at radius 1 is 0.976 bits per heavy atom. The van der Waals surface area contributed by atoms with E-state index in [1.54, 1.807) is 24.3 Å². The van der Waals surface area contributed by atoms with Crippen LogP contribution in [0.4, 0.5) is 26.0 Å². The number of alkyl halides is 2. The summed E-state index contributed by atoms with van der Waals surface area (Å²) in [5.41, 5.74) is 3.66. The van der Waals surface area contributed by atoms with E-state index < -0.39 is 27.8 Å². The molecule has 1 aromatic carbocycles. The molecule has 1 aliphatic carbocycles. The van der Waals surface area contributed by atoms with Gasteiger partial charge in [0.2, 0.25) is 21.8 Å². The van der Waals surface area contributed by atoms with Crippen molar-refractivity contribution in [3.05, 3.63) is 36.0 Å². The molecule has 1 atom stereocenters. The number of aliphatic hydroxyl groups is 1. The summed E-state index contributed by atoms with van der Waals surface area (Å²) in [6.07, 6.45) is 4.23. The fourth-order valence-electron chi connectivity index (χ4n) is 5.75. The topological polar surface area (TPSA) is 125 Å². The van der Waals surface area contributed by atoms with Crippen molar-refractivity contribution in [2.75, 3.05) is 47.3 Å². The molecule has 0 unspecified atom stereocenters. The number of sulfonamides is 1. The molecule has 0 amide bonds. The molecule has 226 valence electrons. The minimum atomic E-state index is -3.77. The van der Waals surface area contributed by atoms with E-state index in [1.165, 1.54) is 19.8 Å². The van der Waals surface area contributed by atoms with Crippen molar-refractivity contribution < 1.29 is 26.7 Å². The van der Waals surface area contributed by atoms with E-state index in [2.05, 4.69) is 24.8 Å². The molecule has 4 heterocycles. The maximum Gasteiger partial charge on any atom is 0.251 e. The lowest BCUT2D eigenvalue weighted by Crippen LogP contribution is -2.39. The van der Waals surface area contributed by atoms with Crippen molar-refractivity contribution in [3.63, 3.8) is 0 Å². The zero-order valence-electron chi connectivity index (χ0n) is 23.8. The lowest BCUT2D eigenvalue weighted by Gasteiger charge is -2.35. The first-order chi connectivity index (χ1) is 20.0. The lowest BCUT2D eigenvalue weighted by atomic mass is 9.93. The summed E-state index contributed by atoms with van der Waals surface area (Å²) < 4.78 is 61.5. The summed E-state index contributed by atoms with van der Waals surface area (Å²) in [5.74, 6) is -1.49. The molecule has 2 N–H and O–H groups in total. The number of pyridine rings is 1. The largest absolute Gasteiger partial charge is 0.416 e. The second kappa shape index (κ2) is 10.7. The molecule has 3 fully saturated rings. The molecular formula is C29H36F2N6O4S. The molecule has 1 saturated carbocycles. The monoisotopic (exact) mass is 602 g/mol. The molecule has 6 rings (SSSR count). The number of aryl methyl sites for hydroxylation is 1. The number of aromatic nitrogens is 3. The minimum Gasteiger partial charge on any atom is -0.416 e. The number of nitrogens with one attached hydrogen (secondary N) is 1. The third-order valence-corrected chi connectivity index (χ3v) is 10.6. The highest BCUT2D eigenvalue weighted by atomic mass is 32.2. The van der Waals surface area contributed by atoms with Crippen molar-refractivity contribution >= 4 is 27.2 Å². The number of hydrogen-bond donors (Lipinski definition) is 2. The number of aliphatic hydroxyl groups excluding tert-OH is 1. The average Bonchev–Trinajstić information content (AvgIpc) is 3.52. The van der Waals surface area contributed by atoms with Crippen LogP contribution in [0, 0.1) is 12.3 Å². The predicted octanol–water partition coefficient (Wildman–Crippen LogP) is 4.85. The molecule has 3 aliphatic rings. The molecule has 0 radical (unpaired) electrons. The van der Waals surface area contributed by atoms with E-state index in [1.807, 2.05) is 17.9 Å². The number of benzene rings is 1. The zero-order valence-corrected chi connectivity index (χ0v) is 24.6. The first kappa shape index (κ1) is 28.8. The summed E-state index contributed by atoms with van der Waals surface area (Å²) in [7, 11) is -3.77. The van der Waals surface area contributed by atoms with Crippen molar-refractivity contribution in [2.24, 2.45) is 5.41 Å². The van der Waals surface area contributed by atoms with Crippen LogP contribution < -0.4 is 14.5 Å². The van der Waals surface area contributed by atoms with Crippen LogP contribution in [0.1, 0.15) is 51.1 Å². The van der Waals surface area contributed by atoms with E-state index in [4.69, 9.17) is 4.42 Å². The normalized spacial score (nSPS) is 20.5. The molecule has 42 heavy (non-hydrogen) atoms. The van der Waals surface area contributed by atoms with Gasteiger partial charge in [0.15, 0.2) is 0 Å². The number of halogens is 2. The van der Waals surface area contributed by atoms with Crippen LogP contribution in [-0.4, -0.2) is 72.7 Å². The molecule has 3 aromatic rings. The second-order valence-corrected chi connectivity index (χ2v) is 14.1. The third-order valence-electron chi connectivity index (χ3n) is 8.83. The molecule has 13 heteroatoms. The average molecular weight is 603 g/mol. The fourth-order valence-corrected chi connectivity index (χ4v) is 6.60. The Morgan fingerprint density at radius 3 is 2.31 bits per heavy atom. The molecule has 0 bridgehead atoms. The molecule has 10 nitrogen and oxygen atoms in total. The van der Waals surface area contributed by atoms with Crippen molar-refractivity contribution in [3.8, 4) is 22.9 Å². The van der Waals surface area contributed by atoms with Crippen LogP contribution in [0.25, 0.3) is 22.9 Å². The first-order valence-electron chi connectivity index (χ1n) is 14.4. The van der Waals surface area contributed by atoms with Crippen molar-refractivity contribution in [1.29, 1.82) is 0 Å². The number of anilines is 3. The predicted molar refractivity (Wildman–Crippen MR) is 156 cm³/mol. The lowest BCUT2D eigenvalue weighted by molar-refractivity contribution is -0.0221. The number of nitrogens with zero attached hydrogens (tertiary/aromatic N) is 5. The van der Waals surface area contributed by atoms with Crippen LogP contribution in [0.15, 0.2) is 34.7 Å². The van der Waals surface area contributed by atoms with Gasteiger partial charge in [-0.2, -0.15) is 0 Å². The summed E-state index contributed by atoms with van der Waals surface area (Å²) in [6.45, 7) is 4.89. The minimum absolute atomic E-state index is 0.214. The van der Waals surface area contributed by atoms with Crippen molar-refractivity contribution in [1.82, 2.24) is 15.2 Å². The maximum atomic E-state index is 13.7. The van der Waals surface area contributed by atoms with Gasteiger partial charge in [-0.3, -0.25) is 4.72 Å². The molecule has 2 saturated heterocycles.